The second kappa shape index (κ2) is 16.8. The van der Waals surface area contributed by atoms with Crippen LogP contribution in [0.25, 0.3) is 22.1 Å². The van der Waals surface area contributed by atoms with Gasteiger partial charge in [-0.05, 0) is 84.0 Å². The molecule has 0 spiro atoms. The van der Waals surface area contributed by atoms with E-state index < -0.39 is 41.4 Å². The molecule has 0 saturated heterocycles. The molecule has 2 atom stereocenters. The number of aliphatic hydroxyl groups excluding tert-OH is 1. The fourth-order valence-electron chi connectivity index (χ4n) is 7.32. The second-order valence-corrected chi connectivity index (χ2v) is 15.4. The third-order valence-corrected chi connectivity index (χ3v) is 10.9. The second-order valence-electron chi connectivity index (χ2n) is 15.4. The number of hydrogen-bond donors (Lipinski definition) is 5. The molecule has 0 aliphatic heterocycles. The number of aryl methyl sites for hydroxylation is 6. The first-order valence-electron chi connectivity index (χ1n) is 19.7. The molecule has 6 aromatic rings. The van der Waals surface area contributed by atoms with Gasteiger partial charge in [-0.2, -0.15) is 20.2 Å². The average molecular weight is 841 g/mol. The topological polar surface area (TPSA) is 270 Å². The molecule has 2 unspecified atom stereocenters. The van der Waals surface area contributed by atoms with E-state index in [2.05, 4.69) is 20.2 Å². The van der Waals surface area contributed by atoms with Crippen LogP contribution in [0.2, 0.25) is 0 Å². The number of amides is 4. The Hall–Kier alpha value is -6.64. The molecule has 6 rings (SSSR count). The molecule has 20 nitrogen and oxygen atoms in total. The van der Waals surface area contributed by atoms with Crippen molar-refractivity contribution < 1.29 is 39.2 Å². The van der Waals surface area contributed by atoms with E-state index in [0.717, 1.165) is 0 Å². The number of carbonyl (C=O) groups is 4. The molecule has 0 bridgehead atoms. The standard InChI is InChI=1S/C41H52N12O8/c1-9-52-30(16-23(3)46-52)36(57)44-38-48(7)28-18-25(34(42)55)12-13-27(28)50(38)21-40(5,59)41(6,60)22-51-33-29(19-26(35(43)56)20-32(33)61-15-11-14-54)49(8)39(51)45-37(58)31-17-24(4)47-53(31)10-2/h12-13,16-20,54,59-60H,9-11,14-15,21-22H2,1-8H3,(H2,42,55)(H2,43,56)/b44-38+,45-39+. The van der Waals surface area contributed by atoms with E-state index in [1.165, 1.54) is 46.0 Å². The quantitative estimate of drug-likeness (QED) is 0.0915. The zero-order valence-electron chi connectivity index (χ0n) is 35.5. The van der Waals surface area contributed by atoms with Crippen LogP contribution >= 0.6 is 0 Å². The van der Waals surface area contributed by atoms with Crippen molar-refractivity contribution in [3.8, 4) is 5.75 Å². The van der Waals surface area contributed by atoms with Gasteiger partial charge in [0.25, 0.3) is 11.8 Å². The van der Waals surface area contributed by atoms with Crippen LogP contribution in [0.15, 0.2) is 52.4 Å². The Balaban J connectivity index is 1.56. The summed E-state index contributed by atoms with van der Waals surface area (Å²) in [5.41, 5.74) is 10.8. The average Bonchev–Trinajstić information content (AvgIpc) is 3.92. The predicted octanol–water partition coefficient (Wildman–Crippen LogP) is 0.966. The summed E-state index contributed by atoms with van der Waals surface area (Å²) in [6.45, 7) is 9.89. The number of nitrogens with two attached hydrogens (primary N) is 2. The third-order valence-electron chi connectivity index (χ3n) is 10.9. The van der Waals surface area contributed by atoms with E-state index in [-0.39, 0.29) is 65.7 Å². The van der Waals surface area contributed by atoms with Gasteiger partial charge in [-0.15, -0.1) is 0 Å². The Labute approximate surface area is 349 Å². The fourth-order valence-corrected chi connectivity index (χ4v) is 7.32. The highest BCUT2D eigenvalue weighted by molar-refractivity contribution is 5.99. The first-order valence-corrected chi connectivity index (χ1v) is 19.7. The number of aromatic nitrogens is 8. The molecule has 0 radical (unpaired) electrons. The zero-order valence-corrected chi connectivity index (χ0v) is 35.5. The molecule has 0 aliphatic rings. The van der Waals surface area contributed by atoms with E-state index >= 15 is 0 Å². The van der Waals surface area contributed by atoms with Gasteiger partial charge in [-0.25, -0.2) is 0 Å². The largest absolute Gasteiger partial charge is 0.491 e. The van der Waals surface area contributed by atoms with Gasteiger partial charge in [0.15, 0.2) is 0 Å². The zero-order chi connectivity index (χ0) is 44.7. The highest BCUT2D eigenvalue weighted by atomic mass is 16.5. The summed E-state index contributed by atoms with van der Waals surface area (Å²) in [7, 11) is 3.26. The van der Waals surface area contributed by atoms with Crippen LogP contribution in [0.4, 0.5) is 0 Å². The molecule has 4 amide bonds. The Morgan fingerprint density at radius 2 is 1.21 bits per heavy atom. The molecule has 2 aromatic carbocycles. The number of rotatable bonds is 15. The van der Waals surface area contributed by atoms with Gasteiger partial charge in [0.1, 0.15) is 33.9 Å². The molecule has 0 saturated carbocycles. The van der Waals surface area contributed by atoms with E-state index in [4.69, 9.17) is 16.2 Å². The lowest BCUT2D eigenvalue weighted by atomic mass is 9.85. The summed E-state index contributed by atoms with van der Waals surface area (Å²) in [4.78, 5) is 61.6. The van der Waals surface area contributed by atoms with Crippen molar-refractivity contribution >= 4 is 45.7 Å². The first kappa shape index (κ1) is 43.9. The first-order chi connectivity index (χ1) is 28.7. The maximum atomic E-state index is 13.9. The molecule has 0 fully saturated rings. The maximum Gasteiger partial charge on any atom is 0.298 e. The normalized spacial score (nSPS) is 14.5. The number of carbonyl (C=O) groups excluding carboxylic acids is 4. The summed E-state index contributed by atoms with van der Waals surface area (Å²) in [5, 5.41) is 43.4. The molecule has 61 heavy (non-hydrogen) atoms. The smallest absolute Gasteiger partial charge is 0.298 e. The van der Waals surface area contributed by atoms with Crippen LogP contribution in [0, 0.1) is 13.8 Å². The summed E-state index contributed by atoms with van der Waals surface area (Å²) in [6.07, 6.45) is 0.247. The number of ether oxygens (including phenoxy) is 1. The van der Waals surface area contributed by atoms with Gasteiger partial charge in [0.2, 0.25) is 23.1 Å². The van der Waals surface area contributed by atoms with Gasteiger partial charge in [0, 0.05) is 51.3 Å². The van der Waals surface area contributed by atoms with Crippen molar-refractivity contribution in [2.45, 2.75) is 85.3 Å². The highest BCUT2D eigenvalue weighted by Crippen LogP contribution is 2.32. The summed E-state index contributed by atoms with van der Waals surface area (Å²) in [5.74, 6) is -2.55. The van der Waals surface area contributed by atoms with E-state index in [1.54, 1.807) is 65.9 Å². The van der Waals surface area contributed by atoms with Gasteiger partial charge in [0.05, 0.1) is 47.6 Å². The van der Waals surface area contributed by atoms with E-state index in [1.807, 2.05) is 13.8 Å². The lowest BCUT2D eigenvalue weighted by Crippen LogP contribution is -2.57. The highest BCUT2D eigenvalue weighted by Gasteiger charge is 2.44. The van der Waals surface area contributed by atoms with Crippen LogP contribution in [0.1, 0.15) is 87.2 Å². The van der Waals surface area contributed by atoms with Crippen molar-refractivity contribution in [1.29, 1.82) is 0 Å². The minimum absolute atomic E-state index is 0.0205. The van der Waals surface area contributed by atoms with Gasteiger partial charge in [-0.3, -0.25) is 28.5 Å². The van der Waals surface area contributed by atoms with Crippen LogP contribution in [-0.2, 0) is 40.3 Å². The Morgan fingerprint density at radius 3 is 1.72 bits per heavy atom. The number of fused-ring (bicyclic) bond motifs is 2. The van der Waals surface area contributed by atoms with Gasteiger partial charge >= 0.3 is 0 Å². The van der Waals surface area contributed by atoms with Crippen LogP contribution < -0.4 is 27.4 Å². The molecule has 324 valence electrons. The fraction of sp³-hybridized carbons (Fsp3) is 0.415. The van der Waals surface area contributed by atoms with Crippen LogP contribution in [-0.4, -0.2) is 101 Å². The number of nitrogens with zero attached hydrogens (tertiary/aromatic N) is 10. The molecular weight excluding hydrogens is 789 g/mol. The van der Waals surface area contributed by atoms with E-state index in [9.17, 15) is 34.5 Å². The molecular formula is C41H52N12O8. The number of imidazole rings is 2. The van der Waals surface area contributed by atoms with Gasteiger partial charge < -0.3 is 49.8 Å². The molecule has 0 aliphatic carbocycles. The van der Waals surface area contributed by atoms with Crippen LogP contribution in [0.3, 0.4) is 0 Å². The Kier molecular flexibility index (Phi) is 12.1. The Bertz CT molecular complexity index is 2860. The predicted molar refractivity (Wildman–Crippen MR) is 222 cm³/mol. The number of aliphatic hydroxyl groups is 3. The SMILES string of the molecule is CCn1nc(C)cc1C(=O)/N=c1\n(C)c2cc(C(N)=O)ccc2n1CC(C)(O)C(C)(O)Cn1/c(=N/C(=O)c2cc(C)nn2CC)n(C)c2cc(C(N)=O)cc(OCCCO)c21. The lowest BCUT2D eigenvalue weighted by molar-refractivity contribution is -0.146. The lowest BCUT2D eigenvalue weighted by Gasteiger charge is -2.39. The monoisotopic (exact) mass is 840 g/mol. The van der Waals surface area contributed by atoms with E-state index in [0.29, 0.717) is 46.5 Å². The van der Waals surface area contributed by atoms with Crippen molar-refractivity contribution in [1.82, 2.24) is 37.8 Å². The minimum Gasteiger partial charge on any atom is -0.491 e. The number of hydrogen-bond acceptors (Lipinski definition) is 10. The molecule has 4 heterocycles. The summed E-state index contributed by atoms with van der Waals surface area (Å²) >= 11 is 0. The third kappa shape index (κ3) is 8.28. The number of benzene rings is 2. The molecule has 20 heteroatoms. The molecule has 4 aromatic heterocycles. The van der Waals surface area contributed by atoms with Crippen molar-refractivity contribution in [2.24, 2.45) is 35.5 Å². The maximum absolute atomic E-state index is 13.9. The summed E-state index contributed by atoms with van der Waals surface area (Å²) < 4.78 is 15.3. The van der Waals surface area contributed by atoms with Crippen molar-refractivity contribution in [3.63, 3.8) is 0 Å². The van der Waals surface area contributed by atoms with Crippen molar-refractivity contribution in [2.75, 3.05) is 13.2 Å². The minimum atomic E-state index is -2.09. The molecule has 7 N–H and O–H groups in total. The Morgan fingerprint density at radius 1 is 0.721 bits per heavy atom. The van der Waals surface area contributed by atoms with Crippen LogP contribution in [0.5, 0.6) is 5.75 Å². The van der Waals surface area contributed by atoms with Gasteiger partial charge in [-0.1, -0.05) is 0 Å². The number of primary amides is 2. The van der Waals surface area contributed by atoms with Crippen molar-refractivity contribution in [3.05, 3.63) is 87.6 Å². The summed E-state index contributed by atoms with van der Waals surface area (Å²) in [6, 6.07) is 10.8.